The Labute approximate surface area is 162 Å². The fraction of sp³-hybridized carbons (Fsp3) is 0.667. The first-order chi connectivity index (χ1) is 12.8. The van der Waals surface area contributed by atoms with Crippen LogP contribution in [0.2, 0.25) is 0 Å². The molecule has 0 aliphatic heterocycles. The molecule has 0 bridgehead atoms. The lowest BCUT2D eigenvalue weighted by atomic mass is 10.1. The number of para-hydroxylation sites is 1. The molecule has 0 radical (unpaired) electrons. The van der Waals surface area contributed by atoms with Gasteiger partial charge in [0.25, 0.3) is 0 Å². The van der Waals surface area contributed by atoms with Gasteiger partial charge in [-0.2, -0.15) is 4.31 Å². The maximum absolute atomic E-state index is 12.5. The Hall–Kier alpha value is -0.680. The highest BCUT2D eigenvalue weighted by molar-refractivity contribution is 7.61. The van der Waals surface area contributed by atoms with Gasteiger partial charge >= 0.3 is 15.6 Å². The van der Waals surface area contributed by atoms with Gasteiger partial charge in [-0.1, -0.05) is 82.9 Å². The minimum atomic E-state index is -5.02. The molecule has 0 aliphatic carbocycles. The van der Waals surface area contributed by atoms with E-state index in [-0.39, 0.29) is 12.4 Å². The lowest BCUT2D eigenvalue weighted by Crippen LogP contribution is -2.03. The minimum absolute atomic E-state index is 0.0423. The summed E-state index contributed by atoms with van der Waals surface area (Å²) < 4.78 is 38.1. The zero-order chi connectivity index (χ0) is 20.0. The van der Waals surface area contributed by atoms with Crippen LogP contribution in [0.5, 0.6) is 5.75 Å². The first-order valence-corrected chi connectivity index (χ1v) is 12.6. The van der Waals surface area contributed by atoms with E-state index in [9.17, 15) is 9.13 Å². The number of unbranched alkanes of at least 4 members (excludes halogenated alkanes) is 9. The average Bonchev–Trinajstić information content (AvgIpc) is 2.59. The van der Waals surface area contributed by atoms with E-state index >= 15 is 0 Å². The molecule has 0 saturated carbocycles. The lowest BCUT2D eigenvalue weighted by Gasteiger charge is -2.18. The van der Waals surface area contributed by atoms with Crippen molar-refractivity contribution in [3.63, 3.8) is 0 Å². The summed E-state index contributed by atoms with van der Waals surface area (Å²) in [6.45, 7) is 2.25. The first kappa shape index (κ1) is 24.4. The van der Waals surface area contributed by atoms with Crippen LogP contribution < -0.4 is 4.52 Å². The van der Waals surface area contributed by atoms with Gasteiger partial charge in [-0.15, -0.1) is 0 Å². The topological polar surface area (TPSA) is 102 Å². The summed E-state index contributed by atoms with van der Waals surface area (Å²) in [6, 6.07) is 8.00. The van der Waals surface area contributed by atoms with E-state index < -0.39 is 15.6 Å². The second kappa shape index (κ2) is 13.5. The van der Waals surface area contributed by atoms with Gasteiger partial charge in [0.1, 0.15) is 5.75 Å². The Morgan fingerprint density at radius 2 is 1.33 bits per heavy atom. The van der Waals surface area contributed by atoms with Gasteiger partial charge in [0, 0.05) is 0 Å². The van der Waals surface area contributed by atoms with Gasteiger partial charge in [-0.05, 0) is 18.6 Å². The Kier molecular flexibility index (Phi) is 12.2. The Balaban J connectivity index is 2.28. The molecular weight excluding hydrogens is 390 g/mol. The monoisotopic (exact) mass is 422 g/mol. The summed E-state index contributed by atoms with van der Waals surface area (Å²) in [7, 11) is -9.42. The molecule has 0 heterocycles. The molecule has 1 atom stereocenters. The van der Waals surface area contributed by atoms with Crippen LogP contribution in [0.25, 0.3) is 0 Å². The number of hydrogen-bond donors (Lipinski definition) is 2. The number of phosphoric acid groups is 2. The van der Waals surface area contributed by atoms with E-state index in [1.165, 1.54) is 50.7 Å². The summed E-state index contributed by atoms with van der Waals surface area (Å²) in [4.78, 5) is 17.9. The second-order valence-electron chi connectivity index (χ2n) is 6.44. The van der Waals surface area contributed by atoms with Crippen molar-refractivity contribution in [1.29, 1.82) is 0 Å². The molecule has 156 valence electrons. The van der Waals surface area contributed by atoms with E-state index in [1.54, 1.807) is 18.2 Å². The SMILES string of the molecule is CCCCCCCCCCCCOP(=O)(Oc1ccccc1)OP(=O)(O)O. The van der Waals surface area contributed by atoms with Crippen LogP contribution in [-0.4, -0.2) is 16.4 Å². The number of phosphoric ester groups is 1. The number of benzene rings is 1. The van der Waals surface area contributed by atoms with Crippen LogP contribution in [0, 0.1) is 0 Å². The molecule has 9 heteroatoms. The van der Waals surface area contributed by atoms with Crippen molar-refractivity contribution in [2.75, 3.05) is 6.61 Å². The normalized spacial score (nSPS) is 14.0. The Morgan fingerprint density at radius 3 is 1.85 bits per heavy atom. The smallest absolute Gasteiger partial charge is 0.404 e. The van der Waals surface area contributed by atoms with E-state index in [1.807, 2.05) is 0 Å². The standard InChI is InChI=1S/C18H32O7P2/c1-2-3-4-5-6-7-8-9-10-14-17-23-27(22,25-26(19,20)21)24-18-15-12-11-13-16-18/h11-13,15-16H,2-10,14,17H2,1H3,(H2,19,20,21). The molecule has 27 heavy (non-hydrogen) atoms. The van der Waals surface area contributed by atoms with Crippen LogP contribution in [0.4, 0.5) is 0 Å². The van der Waals surface area contributed by atoms with Crippen molar-refractivity contribution in [1.82, 2.24) is 0 Å². The fourth-order valence-corrected chi connectivity index (χ4v) is 4.72. The summed E-state index contributed by atoms with van der Waals surface area (Å²) in [6.07, 6.45) is 11.3. The summed E-state index contributed by atoms with van der Waals surface area (Å²) in [5.74, 6) is 0.150. The van der Waals surface area contributed by atoms with Gasteiger partial charge in [0.15, 0.2) is 0 Å². The van der Waals surface area contributed by atoms with Crippen molar-refractivity contribution >= 4 is 15.6 Å². The third-order valence-corrected chi connectivity index (χ3v) is 6.50. The van der Waals surface area contributed by atoms with E-state index in [0.29, 0.717) is 6.42 Å². The van der Waals surface area contributed by atoms with Crippen LogP contribution >= 0.6 is 15.6 Å². The van der Waals surface area contributed by atoms with Crippen molar-refractivity contribution in [3.05, 3.63) is 30.3 Å². The Bertz CT molecular complexity index is 589. The zero-order valence-corrected chi connectivity index (χ0v) is 17.8. The lowest BCUT2D eigenvalue weighted by molar-refractivity contribution is 0.181. The van der Waals surface area contributed by atoms with Crippen LogP contribution in [-0.2, 0) is 18.0 Å². The number of rotatable bonds is 16. The van der Waals surface area contributed by atoms with E-state index in [2.05, 4.69) is 11.2 Å². The third-order valence-electron chi connectivity index (χ3n) is 3.91. The van der Waals surface area contributed by atoms with Crippen molar-refractivity contribution in [2.45, 2.75) is 71.1 Å². The van der Waals surface area contributed by atoms with Gasteiger partial charge in [0.05, 0.1) is 6.61 Å². The predicted molar refractivity (Wildman–Crippen MR) is 106 cm³/mol. The molecule has 0 spiro atoms. The van der Waals surface area contributed by atoms with Crippen LogP contribution in [0.3, 0.4) is 0 Å². The predicted octanol–water partition coefficient (Wildman–Crippen LogP) is 6.22. The molecular formula is C18H32O7P2. The Morgan fingerprint density at radius 1 is 0.815 bits per heavy atom. The van der Waals surface area contributed by atoms with E-state index in [0.717, 1.165) is 19.3 Å². The van der Waals surface area contributed by atoms with Crippen molar-refractivity contribution in [3.8, 4) is 5.75 Å². The van der Waals surface area contributed by atoms with Gasteiger partial charge in [-0.3, -0.25) is 4.52 Å². The summed E-state index contributed by atoms with van der Waals surface area (Å²) in [5.41, 5.74) is 0. The molecule has 0 aromatic heterocycles. The largest absolute Gasteiger partial charge is 0.539 e. The van der Waals surface area contributed by atoms with Crippen molar-refractivity contribution in [2.24, 2.45) is 0 Å². The molecule has 1 aromatic carbocycles. The molecule has 0 aliphatic rings. The molecule has 0 saturated heterocycles. The zero-order valence-electron chi connectivity index (χ0n) is 16.0. The molecule has 1 rings (SSSR count). The molecule has 2 N–H and O–H groups in total. The highest BCUT2D eigenvalue weighted by Crippen LogP contribution is 2.60. The fourth-order valence-electron chi connectivity index (χ4n) is 2.57. The van der Waals surface area contributed by atoms with Crippen LogP contribution in [0.15, 0.2) is 30.3 Å². The summed E-state index contributed by atoms with van der Waals surface area (Å²) in [5, 5.41) is 0. The van der Waals surface area contributed by atoms with E-state index in [4.69, 9.17) is 18.8 Å². The third kappa shape index (κ3) is 13.2. The quantitative estimate of drug-likeness (QED) is 0.241. The second-order valence-corrected chi connectivity index (χ2v) is 9.41. The summed E-state index contributed by atoms with van der Waals surface area (Å²) >= 11 is 0. The molecule has 1 unspecified atom stereocenters. The molecule has 1 aromatic rings. The first-order valence-electron chi connectivity index (χ1n) is 9.61. The van der Waals surface area contributed by atoms with Gasteiger partial charge in [-0.25, -0.2) is 9.13 Å². The molecule has 0 fully saturated rings. The maximum Gasteiger partial charge on any atom is 0.539 e. The number of hydrogen-bond acceptors (Lipinski definition) is 5. The van der Waals surface area contributed by atoms with Gasteiger partial charge < -0.3 is 14.3 Å². The minimum Gasteiger partial charge on any atom is -0.404 e. The molecule has 0 amide bonds. The van der Waals surface area contributed by atoms with Gasteiger partial charge in [0.2, 0.25) is 0 Å². The molecule has 7 nitrogen and oxygen atoms in total. The maximum atomic E-state index is 12.5. The highest BCUT2D eigenvalue weighted by Gasteiger charge is 2.37. The van der Waals surface area contributed by atoms with Crippen LogP contribution in [0.1, 0.15) is 71.1 Å². The highest BCUT2D eigenvalue weighted by atomic mass is 31.3. The van der Waals surface area contributed by atoms with Crippen molar-refractivity contribution < 1.29 is 32.3 Å². The average molecular weight is 422 g/mol.